The van der Waals surface area contributed by atoms with Crippen LogP contribution in [-0.4, -0.2) is 64.8 Å². The lowest BCUT2D eigenvalue weighted by atomic mass is 10.0. The summed E-state index contributed by atoms with van der Waals surface area (Å²) in [5.41, 5.74) is 2.38. The second-order valence-electron chi connectivity index (χ2n) is 8.74. The van der Waals surface area contributed by atoms with E-state index in [1.54, 1.807) is 12.1 Å². The van der Waals surface area contributed by atoms with Gasteiger partial charge in [0.25, 0.3) is 0 Å². The molecule has 10 nitrogen and oxygen atoms in total. The molecule has 2 unspecified atom stereocenters. The number of ether oxygens (including phenoxy) is 4. The van der Waals surface area contributed by atoms with E-state index in [4.69, 9.17) is 18.9 Å². The van der Waals surface area contributed by atoms with Crippen LogP contribution in [0.2, 0.25) is 0 Å². The third-order valence-corrected chi connectivity index (χ3v) is 6.23. The lowest BCUT2D eigenvalue weighted by Gasteiger charge is -2.21. The first-order valence-electron chi connectivity index (χ1n) is 12.2. The second kappa shape index (κ2) is 12.7. The van der Waals surface area contributed by atoms with E-state index >= 15 is 0 Å². The van der Waals surface area contributed by atoms with Gasteiger partial charge < -0.3 is 40.2 Å². The van der Waals surface area contributed by atoms with E-state index in [-0.39, 0.29) is 37.5 Å². The number of amides is 2. The summed E-state index contributed by atoms with van der Waals surface area (Å²) in [6.45, 7) is 1.61. The van der Waals surface area contributed by atoms with Crippen LogP contribution in [0.25, 0.3) is 11.1 Å². The van der Waals surface area contributed by atoms with Crippen LogP contribution in [0, 0.1) is 0 Å². The summed E-state index contributed by atoms with van der Waals surface area (Å²) < 4.78 is 22.2. The highest BCUT2D eigenvalue weighted by Gasteiger charge is 2.26. The van der Waals surface area contributed by atoms with Gasteiger partial charge in [-0.1, -0.05) is 24.3 Å². The molecule has 0 spiro atoms. The Morgan fingerprint density at radius 3 is 1.58 bits per heavy atom. The summed E-state index contributed by atoms with van der Waals surface area (Å²) in [4.78, 5) is 25.7. The summed E-state index contributed by atoms with van der Waals surface area (Å²) in [6.07, 6.45) is 3.49. The van der Waals surface area contributed by atoms with Gasteiger partial charge in [-0.05, 0) is 50.9 Å². The second-order valence-corrected chi connectivity index (χ2v) is 8.74. The normalized spacial score (nSPS) is 19.2. The summed E-state index contributed by atoms with van der Waals surface area (Å²) in [5.74, 6) is 0.642. The number of nitrogens with one attached hydrogen (secondary N) is 4. The van der Waals surface area contributed by atoms with Crippen LogP contribution in [0.3, 0.4) is 0 Å². The Hall–Kier alpha value is -3.18. The van der Waals surface area contributed by atoms with Crippen molar-refractivity contribution in [1.82, 2.24) is 10.6 Å². The standard InChI is InChI=1S/C26H34N4O6/c1-33-15-35-23-17(7-3-9-19(23)29-25(31)21-11-5-13-27-21)18-8-4-10-20(24(18)36-16-34-2)30-26(32)22-12-6-14-28-22/h3-4,7-10,21-22,27-28H,5-6,11-16H2,1-2H3,(H,29,31)(H,30,32). The van der Waals surface area contributed by atoms with Crippen molar-refractivity contribution in [2.24, 2.45) is 0 Å². The van der Waals surface area contributed by atoms with Gasteiger partial charge >= 0.3 is 0 Å². The zero-order valence-electron chi connectivity index (χ0n) is 20.7. The molecule has 10 heteroatoms. The fourth-order valence-corrected chi connectivity index (χ4v) is 4.50. The Morgan fingerprint density at radius 1 is 0.778 bits per heavy atom. The van der Waals surface area contributed by atoms with Crippen molar-refractivity contribution in [1.29, 1.82) is 0 Å². The van der Waals surface area contributed by atoms with Crippen LogP contribution in [-0.2, 0) is 19.1 Å². The van der Waals surface area contributed by atoms with E-state index < -0.39 is 0 Å². The lowest BCUT2D eigenvalue weighted by Crippen LogP contribution is -2.35. The predicted octanol–water partition coefficient (Wildman–Crippen LogP) is 2.70. The molecule has 2 heterocycles. The zero-order valence-corrected chi connectivity index (χ0v) is 20.7. The molecule has 4 rings (SSSR count). The van der Waals surface area contributed by atoms with Crippen LogP contribution >= 0.6 is 0 Å². The van der Waals surface area contributed by atoms with Crippen molar-refractivity contribution in [2.75, 3.05) is 51.5 Å². The topological polar surface area (TPSA) is 119 Å². The van der Waals surface area contributed by atoms with Gasteiger partial charge in [-0.15, -0.1) is 0 Å². The number of rotatable bonds is 11. The van der Waals surface area contributed by atoms with Crippen molar-refractivity contribution in [2.45, 2.75) is 37.8 Å². The van der Waals surface area contributed by atoms with Crippen LogP contribution in [0.4, 0.5) is 11.4 Å². The number of carbonyl (C=O) groups excluding carboxylic acids is 2. The molecule has 2 saturated heterocycles. The summed E-state index contributed by atoms with van der Waals surface area (Å²) in [5, 5.41) is 12.4. The molecule has 2 atom stereocenters. The van der Waals surface area contributed by atoms with Gasteiger partial charge in [-0.2, -0.15) is 0 Å². The third kappa shape index (κ3) is 6.14. The van der Waals surface area contributed by atoms with Crippen molar-refractivity contribution in [3.8, 4) is 22.6 Å². The highest BCUT2D eigenvalue weighted by molar-refractivity contribution is 6.00. The number of benzene rings is 2. The van der Waals surface area contributed by atoms with Gasteiger partial charge in [0, 0.05) is 25.3 Å². The van der Waals surface area contributed by atoms with Gasteiger partial charge in [0.1, 0.15) is 0 Å². The molecule has 2 aliphatic rings. The molecule has 2 aliphatic heterocycles. The molecule has 2 aromatic carbocycles. The van der Waals surface area contributed by atoms with Gasteiger partial charge in [-0.3, -0.25) is 9.59 Å². The largest absolute Gasteiger partial charge is 0.465 e. The van der Waals surface area contributed by atoms with Gasteiger partial charge in [-0.25, -0.2) is 0 Å². The smallest absolute Gasteiger partial charge is 0.241 e. The maximum absolute atomic E-state index is 12.8. The number of para-hydroxylation sites is 2. The van der Waals surface area contributed by atoms with Crippen molar-refractivity contribution < 1.29 is 28.5 Å². The van der Waals surface area contributed by atoms with E-state index in [0.717, 1.165) is 38.8 Å². The lowest BCUT2D eigenvalue weighted by molar-refractivity contribution is -0.118. The van der Waals surface area contributed by atoms with Crippen LogP contribution in [0.15, 0.2) is 36.4 Å². The minimum Gasteiger partial charge on any atom is -0.465 e. The number of hydrogen-bond acceptors (Lipinski definition) is 8. The fraction of sp³-hybridized carbons (Fsp3) is 0.462. The number of hydrogen-bond donors (Lipinski definition) is 4. The quantitative estimate of drug-likeness (QED) is 0.349. The Balaban J connectivity index is 1.71. The molecule has 4 N–H and O–H groups in total. The van der Waals surface area contributed by atoms with E-state index in [2.05, 4.69) is 21.3 Å². The highest BCUT2D eigenvalue weighted by Crippen LogP contribution is 2.44. The van der Waals surface area contributed by atoms with E-state index in [1.165, 1.54) is 14.2 Å². The maximum Gasteiger partial charge on any atom is 0.241 e. The molecule has 36 heavy (non-hydrogen) atoms. The monoisotopic (exact) mass is 498 g/mol. The van der Waals surface area contributed by atoms with Gasteiger partial charge in [0.15, 0.2) is 25.1 Å². The first-order chi connectivity index (χ1) is 17.6. The molecule has 0 saturated carbocycles. The van der Waals surface area contributed by atoms with Crippen LogP contribution in [0.5, 0.6) is 11.5 Å². The maximum atomic E-state index is 12.8. The molecule has 0 radical (unpaired) electrons. The molecular formula is C26H34N4O6. The average Bonchev–Trinajstić information content (AvgIpc) is 3.62. The molecular weight excluding hydrogens is 464 g/mol. The Labute approximate surface area is 211 Å². The van der Waals surface area contributed by atoms with Crippen LogP contribution < -0.4 is 30.7 Å². The van der Waals surface area contributed by atoms with Gasteiger partial charge in [0.05, 0.1) is 23.5 Å². The average molecular weight is 499 g/mol. The van der Waals surface area contributed by atoms with Crippen molar-refractivity contribution in [3.05, 3.63) is 36.4 Å². The molecule has 2 aromatic rings. The number of carbonyl (C=O) groups is 2. The molecule has 0 bridgehead atoms. The first kappa shape index (κ1) is 25.9. The third-order valence-electron chi connectivity index (χ3n) is 6.23. The minimum absolute atomic E-state index is 0.0143. The van der Waals surface area contributed by atoms with E-state index in [0.29, 0.717) is 34.0 Å². The molecule has 0 aliphatic carbocycles. The SMILES string of the molecule is COCOc1c(NC(=O)C2CCCN2)cccc1-c1cccc(NC(=O)C2CCCN2)c1OCOC. The van der Waals surface area contributed by atoms with Crippen molar-refractivity contribution >= 4 is 23.2 Å². The molecule has 0 aromatic heterocycles. The Kier molecular flexibility index (Phi) is 9.12. The molecule has 2 fully saturated rings. The van der Waals surface area contributed by atoms with E-state index in [1.807, 2.05) is 24.3 Å². The molecule has 2 amide bonds. The van der Waals surface area contributed by atoms with E-state index in [9.17, 15) is 9.59 Å². The highest BCUT2D eigenvalue weighted by atomic mass is 16.7. The fourth-order valence-electron chi connectivity index (χ4n) is 4.50. The Morgan fingerprint density at radius 2 is 1.22 bits per heavy atom. The summed E-state index contributed by atoms with van der Waals surface area (Å²) in [7, 11) is 3.06. The summed E-state index contributed by atoms with van der Waals surface area (Å²) in [6, 6.07) is 10.5. The minimum atomic E-state index is -0.243. The number of methoxy groups -OCH3 is 2. The number of anilines is 2. The zero-order chi connectivity index (χ0) is 25.3. The van der Waals surface area contributed by atoms with Crippen molar-refractivity contribution in [3.63, 3.8) is 0 Å². The first-order valence-corrected chi connectivity index (χ1v) is 12.2. The summed E-state index contributed by atoms with van der Waals surface area (Å²) >= 11 is 0. The Bertz CT molecular complexity index is 967. The predicted molar refractivity (Wildman–Crippen MR) is 136 cm³/mol. The molecule has 194 valence electrons. The van der Waals surface area contributed by atoms with Crippen LogP contribution in [0.1, 0.15) is 25.7 Å². The van der Waals surface area contributed by atoms with Gasteiger partial charge in [0.2, 0.25) is 11.8 Å².